The van der Waals surface area contributed by atoms with Gasteiger partial charge in [-0.1, -0.05) is 18.9 Å². The van der Waals surface area contributed by atoms with Gasteiger partial charge in [-0.3, -0.25) is 4.57 Å². The first-order valence-corrected chi connectivity index (χ1v) is 7.73. The number of hydrogen-bond acceptors (Lipinski definition) is 4. The summed E-state index contributed by atoms with van der Waals surface area (Å²) in [6.07, 6.45) is 11.7. The van der Waals surface area contributed by atoms with Gasteiger partial charge in [-0.25, -0.2) is 9.78 Å². The number of carbonyl (C=O) groups is 1. The number of nitrogens with zero attached hydrogens (tertiary/aromatic N) is 3. The summed E-state index contributed by atoms with van der Waals surface area (Å²) >= 11 is 0. The van der Waals surface area contributed by atoms with Gasteiger partial charge in [-0.2, -0.15) is 0 Å². The van der Waals surface area contributed by atoms with E-state index in [1.165, 1.54) is 17.4 Å². The van der Waals surface area contributed by atoms with Crippen LogP contribution in [0.25, 0.3) is 5.57 Å². The Morgan fingerprint density at radius 1 is 1.41 bits per heavy atom. The maximum atomic E-state index is 12.5. The van der Waals surface area contributed by atoms with Crippen molar-refractivity contribution in [3.05, 3.63) is 36.1 Å². The van der Waals surface area contributed by atoms with Gasteiger partial charge in [0.1, 0.15) is 12.1 Å². The Hall–Kier alpha value is -2.08. The molecular weight excluding hydrogens is 280 g/mol. The summed E-state index contributed by atoms with van der Waals surface area (Å²) < 4.78 is 1.53. The first kappa shape index (κ1) is 14.8. The zero-order chi connectivity index (χ0) is 15.7. The predicted molar refractivity (Wildman–Crippen MR) is 84.3 cm³/mol. The van der Waals surface area contributed by atoms with Crippen LogP contribution in [0.3, 0.4) is 0 Å². The van der Waals surface area contributed by atoms with Gasteiger partial charge in [0.15, 0.2) is 0 Å². The van der Waals surface area contributed by atoms with Crippen molar-refractivity contribution >= 4 is 11.6 Å². The quantitative estimate of drug-likeness (QED) is 0.877. The topological polar surface area (TPSA) is 84.4 Å². The lowest BCUT2D eigenvalue weighted by molar-refractivity contribution is 0.192. The first-order valence-electron chi connectivity index (χ1n) is 7.73. The predicted octanol–water partition coefficient (Wildman–Crippen LogP) is 2.28. The van der Waals surface area contributed by atoms with E-state index in [4.69, 9.17) is 5.73 Å². The van der Waals surface area contributed by atoms with Crippen LogP contribution in [-0.2, 0) is 0 Å². The Morgan fingerprint density at radius 3 is 2.82 bits per heavy atom. The Balaban J connectivity index is 1.75. The Morgan fingerprint density at radius 2 is 2.14 bits per heavy atom. The van der Waals surface area contributed by atoms with Gasteiger partial charge >= 0.3 is 6.03 Å². The highest BCUT2D eigenvalue weighted by Crippen LogP contribution is 2.25. The number of imidazole rings is 1. The number of hydrogen-bond donors (Lipinski definition) is 2. The van der Waals surface area contributed by atoms with Gasteiger partial charge in [-0.05, 0) is 30.9 Å². The third-order valence-electron chi connectivity index (χ3n) is 4.58. The van der Waals surface area contributed by atoms with Crippen LogP contribution in [0.5, 0.6) is 0 Å². The maximum absolute atomic E-state index is 12.5. The number of allylic oxidation sites excluding steroid dienone is 2. The van der Waals surface area contributed by atoms with Crippen LogP contribution in [0.2, 0.25) is 0 Å². The molecule has 1 aromatic heterocycles. The number of carbonyl (C=O) groups excluding carboxylic acids is 1. The van der Waals surface area contributed by atoms with Crippen molar-refractivity contribution in [1.29, 1.82) is 0 Å². The van der Waals surface area contributed by atoms with Crippen molar-refractivity contribution in [3.63, 3.8) is 0 Å². The summed E-state index contributed by atoms with van der Waals surface area (Å²) in [7, 11) is 1.86. The molecule has 0 aliphatic heterocycles. The Kier molecular flexibility index (Phi) is 4.02. The number of rotatable bonds is 2. The molecule has 6 nitrogen and oxygen atoms in total. The Bertz CT molecular complexity index is 626. The van der Waals surface area contributed by atoms with Gasteiger partial charge in [0.2, 0.25) is 0 Å². The lowest BCUT2D eigenvalue weighted by atomic mass is 9.98. The third-order valence-corrected chi connectivity index (χ3v) is 4.58. The highest BCUT2D eigenvalue weighted by Gasteiger charge is 2.25. The molecule has 6 heteroatoms. The van der Waals surface area contributed by atoms with Crippen LogP contribution in [0.15, 0.2) is 30.4 Å². The molecule has 0 aromatic carbocycles. The molecule has 1 fully saturated rings. The largest absolute Gasteiger partial charge is 0.511 e. The highest BCUT2D eigenvalue weighted by molar-refractivity contribution is 5.78. The van der Waals surface area contributed by atoms with Crippen molar-refractivity contribution in [3.8, 4) is 0 Å². The molecule has 1 saturated carbocycles. The average molecular weight is 302 g/mol. The van der Waals surface area contributed by atoms with Crippen molar-refractivity contribution in [1.82, 2.24) is 14.5 Å². The number of aliphatic hydroxyl groups is 1. The molecule has 0 bridgehead atoms. The van der Waals surface area contributed by atoms with Crippen molar-refractivity contribution in [2.45, 2.75) is 44.2 Å². The summed E-state index contributed by atoms with van der Waals surface area (Å²) in [5.41, 5.74) is 7.49. The van der Waals surface area contributed by atoms with Gasteiger partial charge in [0, 0.05) is 19.3 Å². The summed E-state index contributed by atoms with van der Waals surface area (Å²) in [5, 5.41) is 9.53. The van der Waals surface area contributed by atoms with E-state index in [-0.39, 0.29) is 11.8 Å². The molecule has 3 rings (SSSR count). The van der Waals surface area contributed by atoms with Crippen LogP contribution < -0.4 is 5.73 Å². The zero-order valence-electron chi connectivity index (χ0n) is 12.8. The van der Waals surface area contributed by atoms with Crippen molar-refractivity contribution in [2.24, 2.45) is 5.73 Å². The fraction of sp³-hybridized carbons (Fsp3) is 0.500. The molecule has 1 atom stereocenters. The van der Waals surface area contributed by atoms with E-state index in [1.54, 1.807) is 24.7 Å². The van der Waals surface area contributed by atoms with Gasteiger partial charge in [0.05, 0.1) is 11.7 Å². The summed E-state index contributed by atoms with van der Waals surface area (Å²) in [4.78, 5) is 18.6. The number of nitrogens with two attached hydrogens (primary N) is 1. The molecule has 1 aromatic rings. The van der Waals surface area contributed by atoms with Gasteiger partial charge in [0.25, 0.3) is 0 Å². The molecule has 3 N–H and O–H groups in total. The molecule has 1 amide bonds. The minimum atomic E-state index is -0.401. The van der Waals surface area contributed by atoms with E-state index in [9.17, 15) is 9.90 Å². The Labute approximate surface area is 129 Å². The summed E-state index contributed by atoms with van der Waals surface area (Å²) in [6, 6.07) is -0.118. The summed E-state index contributed by atoms with van der Waals surface area (Å²) in [5.74, 6) is 0.181. The van der Waals surface area contributed by atoms with Crippen LogP contribution >= 0.6 is 0 Å². The minimum absolute atomic E-state index is 0.0512. The second kappa shape index (κ2) is 5.96. The minimum Gasteiger partial charge on any atom is -0.511 e. The van der Waals surface area contributed by atoms with Crippen LogP contribution in [0.4, 0.5) is 4.79 Å². The van der Waals surface area contributed by atoms with E-state index >= 15 is 0 Å². The molecular formula is C16H22N4O2. The second-order valence-corrected chi connectivity index (χ2v) is 6.09. The normalized spacial score (nSPS) is 22.4. The molecule has 2 aliphatic carbocycles. The summed E-state index contributed by atoms with van der Waals surface area (Å²) in [6.45, 7) is 0. The van der Waals surface area contributed by atoms with Gasteiger partial charge in [-0.15, -0.1) is 0 Å². The lowest BCUT2D eigenvalue weighted by Gasteiger charge is -2.24. The second-order valence-electron chi connectivity index (χ2n) is 6.09. The van der Waals surface area contributed by atoms with Crippen molar-refractivity contribution < 1.29 is 9.90 Å². The van der Waals surface area contributed by atoms with E-state index in [0.29, 0.717) is 12.5 Å². The highest BCUT2D eigenvalue weighted by atomic mass is 16.3. The van der Waals surface area contributed by atoms with E-state index in [1.807, 2.05) is 11.9 Å². The van der Waals surface area contributed by atoms with E-state index in [0.717, 1.165) is 24.1 Å². The number of aromatic nitrogens is 2. The molecule has 0 spiro atoms. The molecule has 2 aliphatic rings. The van der Waals surface area contributed by atoms with Crippen LogP contribution in [0.1, 0.15) is 37.8 Å². The van der Waals surface area contributed by atoms with Crippen LogP contribution in [-0.4, -0.2) is 44.7 Å². The fourth-order valence-corrected chi connectivity index (χ4v) is 3.13. The third kappa shape index (κ3) is 2.78. The SMILES string of the molecule is CN(C(=O)n1cnc(C2=CC=C(O)C(N)C2)c1)C1CCCC1. The standard InChI is InChI=1S/C16H22N4O2/c1-19(12-4-2-3-5-12)16(22)20-9-14(18-10-20)11-6-7-15(21)13(17)8-11/h6-7,9-10,12-13,21H,2-5,8,17H2,1H3. The molecule has 1 heterocycles. The van der Waals surface area contributed by atoms with Crippen molar-refractivity contribution in [2.75, 3.05) is 7.05 Å². The maximum Gasteiger partial charge on any atom is 0.329 e. The van der Waals surface area contributed by atoms with Gasteiger partial charge < -0.3 is 15.7 Å². The molecule has 118 valence electrons. The van der Waals surface area contributed by atoms with E-state index in [2.05, 4.69) is 4.98 Å². The fourth-order valence-electron chi connectivity index (χ4n) is 3.13. The number of amides is 1. The first-order chi connectivity index (χ1) is 10.6. The zero-order valence-corrected chi connectivity index (χ0v) is 12.8. The average Bonchev–Trinajstić information content (AvgIpc) is 3.19. The molecule has 0 saturated heterocycles. The molecule has 0 radical (unpaired) electrons. The molecule has 22 heavy (non-hydrogen) atoms. The van der Waals surface area contributed by atoms with E-state index < -0.39 is 6.04 Å². The van der Waals surface area contributed by atoms with Crippen LogP contribution in [0, 0.1) is 0 Å². The monoisotopic (exact) mass is 302 g/mol. The molecule has 1 unspecified atom stereocenters. The number of aliphatic hydroxyl groups excluding tert-OH is 1. The lowest BCUT2D eigenvalue weighted by Crippen LogP contribution is -2.37. The smallest absolute Gasteiger partial charge is 0.329 e.